The lowest BCUT2D eigenvalue weighted by Gasteiger charge is -2.38. The van der Waals surface area contributed by atoms with Crippen molar-refractivity contribution in [2.75, 3.05) is 26.2 Å². The van der Waals surface area contributed by atoms with Gasteiger partial charge in [-0.2, -0.15) is 0 Å². The third-order valence-electron chi connectivity index (χ3n) is 6.04. The maximum Gasteiger partial charge on any atom is 0.246 e. The number of rotatable bonds is 7. The Balaban J connectivity index is 1.30. The monoisotopic (exact) mass is 473 g/mol. The first-order chi connectivity index (χ1) is 15.3. The van der Waals surface area contributed by atoms with E-state index in [4.69, 9.17) is 11.6 Å². The maximum absolute atomic E-state index is 12.6. The van der Waals surface area contributed by atoms with Gasteiger partial charge in [0.1, 0.15) is 0 Å². The molecule has 6 nitrogen and oxygen atoms in total. The van der Waals surface area contributed by atoms with Crippen LogP contribution in [0.4, 0.5) is 0 Å². The molecule has 2 aromatic rings. The fourth-order valence-electron chi connectivity index (χ4n) is 3.86. The molecule has 1 aliphatic carbocycles. The molecule has 1 saturated heterocycles. The molecular weight excluding hydrogens is 446 g/mol. The van der Waals surface area contributed by atoms with E-state index in [9.17, 15) is 13.2 Å². The zero-order chi connectivity index (χ0) is 22.7. The molecule has 1 saturated carbocycles. The molecule has 2 aliphatic rings. The van der Waals surface area contributed by atoms with E-state index in [0.29, 0.717) is 13.1 Å². The Morgan fingerprint density at radius 2 is 1.72 bits per heavy atom. The van der Waals surface area contributed by atoms with Crippen molar-refractivity contribution in [2.24, 2.45) is 0 Å². The summed E-state index contributed by atoms with van der Waals surface area (Å²) in [7, 11) is -3.46. The van der Waals surface area contributed by atoms with Gasteiger partial charge in [-0.3, -0.25) is 9.69 Å². The molecule has 0 spiro atoms. The summed E-state index contributed by atoms with van der Waals surface area (Å²) in [6.45, 7) is 5.02. The van der Waals surface area contributed by atoms with Crippen LogP contribution in [0, 0.1) is 0 Å². The minimum absolute atomic E-state index is 0.0397. The lowest BCUT2D eigenvalue weighted by molar-refractivity contribution is -0.127. The fourth-order valence-corrected chi connectivity index (χ4v) is 5.46. The Labute approximate surface area is 194 Å². The summed E-state index contributed by atoms with van der Waals surface area (Å²) in [5.74, 6) is -0.0397. The van der Waals surface area contributed by atoms with Crippen LogP contribution in [0.5, 0.6) is 0 Å². The Morgan fingerprint density at radius 3 is 2.34 bits per heavy atom. The number of hydrogen-bond acceptors (Lipinski definition) is 4. The topological polar surface area (TPSA) is 69.7 Å². The second-order valence-electron chi connectivity index (χ2n) is 8.36. The average Bonchev–Trinajstić information content (AvgIpc) is 3.61. The summed E-state index contributed by atoms with van der Waals surface area (Å²) < 4.78 is 27.2. The lowest BCUT2D eigenvalue weighted by atomic mass is 10.1. The molecule has 1 N–H and O–H groups in total. The van der Waals surface area contributed by atoms with E-state index >= 15 is 0 Å². The number of carbonyl (C=O) groups is 1. The second-order valence-corrected chi connectivity index (χ2v) is 10.5. The summed E-state index contributed by atoms with van der Waals surface area (Å²) >= 11 is 6.34. The van der Waals surface area contributed by atoms with Gasteiger partial charge in [0.15, 0.2) is 0 Å². The fraction of sp³-hybridized carbons (Fsp3) is 0.375. The highest BCUT2D eigenvalue weighted by Crippen LogP contribution is 2.28. The zero-order valence-electron chi connectivity index (χ0n) is 18.1. The van der Waals surface area contributed by atoms with Crippen LogP contribution in [0.3, 0.4) is 0 Å². The predicted molar refractivity (Wildman–Crippen MR) is 127 cm³/mol. The van der Waals surface area contributed by atoms with Gasteiger partial charge in [0.25, 0.3) is 0 Å². The second kappa shape index (κ2) is 9.75. The number of amides is 1. The normalized spacial score (nSPS) is 18.8. The average molecular weight is 474 g/mol. The Bertz CT molecular complexity index is 1090. The highest BCUT2D eigenvalue weighted by Gasteiger charge is 2.28. The van der Waals surface area contributed by atoms with Crippen LogP contribution in [0.2, 0.25) is 5.02 Å². The molecule has 2 fully saturated rings. The molecule has 8 heteroatoms. The molecule has 1 atom stereocenters. The third kappa shape index (κ3) is 5.59. The van der Waals surface area contributed by atoms with Crippen LogP contribution in [-0.4, -0.2) is 56.3 Å². The SMILES string of the molecule is CC(c1ccccc1Cl)N1CCN(C(=O)/C=C/c2ccc(S(=O)(=O)NC3CC3)cc2)CC1. The van der Waals surface area contributed by atoms with Crippen molar-refractivity contribution < 1.29 is 13.2 Å². The number of benzene rings is 2. The van der Waals surface area contributed by atoms with Crippen LogP contribution in [0.15, 0.2) is 59.5 Å². The first kappa shape index (κ1) is 23.0. The van der Waals surface area contributed by atoms with Gasteiger partial charge in [-0.25, -0.2) is 13.1 Å². The van der Waals surface area contributed by atoms with Crippen molar-refractivity contribution in [3.05, 3.63) is 70.8 Å². The van der Waals surface area contributed by atoms with Gasteiger partial charge in [-0.1, -0.05) is 41.9 Å². The van der Waals surface area contributed by atoms with Crippen molar-refractivity contribution in [3.8, 4) is 0 Å². The molecule has 1 unspecified atom stereocenters. The summed E-state index contributed by atoms with van der Waals surface area (Å²) in [6, 6.07) is 14.7. The van der Waals surface area contributed by atoms with E-state index in [0.717, 1.165) is 42.1 Å². The van der Waals surface area contributed by atoms with E-state index in [1.807, 2.05) is 29.2 Å². The van der Waals surface area contributed by atoms with Crippen LogP contribution in [0.25, 0.3) is 6.08 Å². The minimum Gasteiger partial charge on any atom is -0.337 e. The highest BCUT2D eigenvalue weighted by atomic mass is 35.5. The summed E-state index contributed by atoms with van der Waals surface area (Å²) in [6.07, 6.45) is 5.08. The number of hydrogen-bond donors (Lipinski definition) is 1. The van der Waals surface area contributed by atoms with Crippen molar-refractivity contribution in [1.29, 1.82) is 0 Å². The number of nitrogens with one attached hydrogen (secondary N) is 1. The molecule has 170 valence electrons. The van der Waals surface area contributed by atoms with Crippen LogP contribution in [0.1, 0.15) is 36.9 Å². The van der Waals surface area contributed by atoms with E-state index in [2.05, 4.69) is 16.5 Å². The smallest absolute Gasteiger partial charge is 0.246 e. The third-order valence-corrected chi connectivity index (χ3v) is 7.92. The molecule has 4 rings (SSSR count). The van der Waals surface area contributed by atoms with Crippen LogP contribution < -0.4 is 4.72 Å². The summed E-state index contributed by atoms with van der Waals surface area (Å²) in [4.78, 5) is 17.0. The lowest BCUT2D eigenvalue weighted by Crippen LogP contribution is -2.48. The zero-order valence-corrected chi connectivity index (χ0v) is 19.6. The summed E-state index contributed by atoms with van der Waals surface area (Å²) in [5.41, 5.74) is 1.89. The van der Waals surface area contributed by atoms with E-state index in [1.165, 1.54) is 0 Å². The largest absolute Gasteiger partial charge is 0.337 e. The van der Waals surface area contributed by atoms with Gasteiger partial charge < -0.3 is 4.90 Å². The molecule has 1 heterocycles. The van der Waals surface area contributed by atoms with Crippen LogP contribution >= 0.6 is 11.6 Å². The predicted octanol–water partition coefficient (Wildman–Crippen LogP) is 3.70. The quantitative estimate of drug-likeness (QED) is 0.622. The first-order valence-electron chi connectivity index (χ1n) is 10.9. The van der Waals surface area contributed by atoms with Crippen molar-refractivity contribution in [2.45, 2.75) is 36.7 Å². The van der Waals surface area contributed by atoms with E-state index in [-0.39, 0.29) is 22.9 Å². The van der Waals surface area contributed by atoms with Crippen LogP contribution in [-0.2, 0) is 14.8 Å². The van der Waals surface area contributed by atoms with Crippen molar-refractivity contribution >= 4 is 33.6 Å². The molecular formula is C24H28ClN3O3S. The molecule has 1 aliphatic heterocycles. The molecule has 2 aromatic carbocycles. The Morgan fingerprint density at radius 1 is 1.06 bits per heavy atom. The Kier molecular flexibility index (Phi) is 7.00. The number of carbonyl (C=O) groups excluding carboxylic acids is 1. The number of halogens is 1. The van der Waals surface area contributed by atoms with Gasteiger partial charge in [0, 0.05) is 49.4 Å². The van der Waals surface area contributed by atoms with Gasteiger partial charge in [0.05, 0.1) is 4.90 Å². The van der Waals surface area contributed by atoms with Gasteiger partial charge >= 0.3 is 0 Å². The number of nitrogens with zero attached hydrogens (tertiary/aromatic N) is 2. The van der Waals surface area contributed by atoms with Crippen molar-refractivity contribution in [1.82, 2.24) is 14.5 Å². The molecule has 1 amide bonds. The first-order valence-corrected chi connectivity index (χ1v) is 12.8. The van der Waals surface area contributed by atoms with Gasteiger partial charge in [0.2, 0.25) is 15.9 Å². The van der Waals surface area contributed by atoms with Gasteiger partial charge in [-0.15, -0.1) is 0 Å². The molecule has 0 bridgehead atoms. The molecule has 0 aromatic heterocycles. The van der Waals surface area contributed by atoms with Gasteiger partial charge in [-0.05, 0) is 55.2 Å². The highest BCUT2D eigenvalue weighted by molar-refractivity contribution is 7.89. The minimum atomic E-state index is -3.46. The van der Waals surface area contributed by atoms with E-state index in [1.54, 1.807) is 36.4 Å². The summed E-state index contributed by atoms with van der Waals surface area (Å²) in [5, 5.41) is 0.767. The standard InChI is InChI=1S/C24H28ClN3O3S/c1-18(22-4-2-3-5-23(22)25)27-14-16-28(17-15-27)24(29)13-8-19-6-11-21(12-7-19)32(30,31)26-20-9-10-20/h2-8,11-13,18,20,26H,9-10,14-17H2,1H3/b13-8+. The Hall–Kier alpha value is -2.19. The maximum atomic E-state index is 12.6. The van der Waals surface area contributed by atoms with E-state index < -0.39 is 10.0 Å². The number of piperazine rings is 1. The molecule has 32 heavy (non-hydrogen) atoms. The molecule has 0 radical (unpaired) electrons. The number of sulfonamides is 1. The van der Waals surface area contributed by atoms with Crippen molar-refractivity contribution in [3.63, 3.8) is 0 Å².